The van der Waals surface area contributed by atoms with Gasteiger partial charge in [-0.2, -0.15) is 0 Å². The summed E-state index contributed by atoms with van der Waals surface area (Å²) in [6.07, 6.45) is 0.794. The zero-order chi connectivity index (χ0) is 13.0. The summed E-state index contributed by atoms with van der Waals surface area (Å²) in [5.41, 5.74) is 2.37. The molecule has 0 radical (unpaired) electrons. The van der Waals surface area contributed by atoms with Gasteiger partial charge in [-0.1, -0.05) is 24.3 Å². The number of hydrogen-bond acceptors (Lipinski definition) is 3. The van der Waals surface area contributed by atoms with Gasteiger partial charge in [0.2, 0.25) is 0 Å². The molecule has 0 saturated carbocycles. The smallest absolute Gasteiger partial charge is 0.153 e. The molecule has 0 heterocycles. The van der Waals surface area contributed by atoms with Crippen molar-refractivity contribution in [2.75, 3.05) is 14.2 Å². The minimum atomic E-state index is 0.540. The number of para-hydroxylation sites is 1. The molecule has 2 aromatic rings. The molecule has 0 N–H and O–H groups in total. The number of carbonyl (C=O) groups excluding carboxylic acids is 1. The first-order chi connectivity index (χ1) is 8.80. The van der Waals surface area contributed by atoms with E-state index in [0.29, 0.717) is 11.3 Å². The Morgan fingerprint density at radius 2 is 1.78 bits per heavy atom. The van der Waals surface area contributed by atoms with E-state index in [1.807, 2.05) is 36.4 Å². The highest BCUT2D eigenvalue weighted by atomic mass is 16.5. The van der Waals surface area contributed by atoms with E-state index in [4.69, 9.17) is 9.47 Å². The number of benzene rings is 2. The fourth-order valence-corrected chi connectivity index (χ4v) is 1.89. The Hall–Kier alpha value is -2.29. The van der Waals surface area contributed by atoms with Crippen molar-refractivity contribution in [3.05, 3.63) is 48.0 Å². The zero-order valence-corrected chi connectivity index (χ0v) is 10.3. The van der Waals surface area contributed by atoms with E-state index in [2.05, 4.69) is 0 Å². The van der Waals surface area contributed by atoms with E-state index in [0.717, 1.165) is 23.2 Å². The Morgan fingerprint density at radius 3 is 2.44 bits per heavy atom. The van der Waals surface area contributed by atoms with Crippen LogP contribution >= 0.6 is 0 Å². The molecule has 3 heteroatoms. The molecular weight excluding hydrogens is 228 g/mol. The molecule has 2 rings (SSSR count). The van der Waals surface area contributed by atoms with Crippen LogP contribution in [0.1, 0.15) is 10.4 Å². The summed E-state index contributed by atoms with van der Waals surface area (Å²) in [5, 5.41) is 0. The number of hydrogen-bond donors (Lipinski definition) is 0. The van der Waals surface area contributed by atoms with Crippen molar-refractivity contribution >= 4 is 6.29 Å². The van der Waals surface area contributed by atoms with E-state index in [1.165, 1.54) is 0 Å². The van der Waals surface area contributed by atoms with Crippen LogP contribution in [0.3, 0.4) is 0 Å². The summed E-state index contributed by atoms with van der Waals surface area (Å²) in [5.74, 6) is 1.35. The highest BCUT2D eigenvalue weighted by molar-refractivity contribution is 5.86. The lowest BCUT2D eigenvalue weighted by molar-refractivity contribution is 0.112. The number of carbonyl (C=O) groups is 1. The van der Waals surface area contributed by atoms with Crippen molar-refractivity contribution in [2.45, 2.75) is 0 Å². The lowest BCUT2D eigenvalue weighted by Crippen LogP contribution is -1.94. The molecule has 18 heavy (non-hydrogen) atoms. The Kier molecular flexibility index (Phi) is 3.63. The maximum absolute atomic E-state index is 11.0. The molecule has 0 aliphatic rings. The molecule has 2 aromatic carbocycles. The molecule has 0 bridgehead atoms. The molecule has 0 aromatic heterocycles. The van der Waals surface area contributed by atoms with Gasteiger partial charge in [0.15, 0.2) is 6.29 Å². The van der Waals surface area contributed by atoms with Gasteiger partial charge in [-0.15, -0.1) is 0 Å². The van der Waals surface area contributed by atoms with E-state index >= 15 is 0 Å². The third-order valence-electron chi connectivity index (χ3n) is 2.76. The number of methoxy groups -OCH3 is 2. The van der Waals surface area contributed by atoms with Crippen molar-refractivity contribution < 1.29 is 14.3 Å². The van der Waals surface area contributed by atoms with Crippen LogP contribution in [-0.2, 0) is 0 Å². The van der Waals surface area contributed by atoms with Gasteiger partial charge in [0.05, 0.1) is 19.8 Å². The predicted molar refractivity (Wildman–Crippen MR) is 70.4 cm³/mol. The normalized spacial score (nSPS) is 9.89. The van der Waals surface area contributed by atoms with Gasteiger partial charge in [0.25, 0.3) is 0 Å². The Bertz CT molecular complexity index is 561. The quantitative estimate of drug-likeness (QED) is 0.772. The molecule has 0 aliphatic heterocycles. The van der Waals surface area contributed by atoms with Crippen molar-refractivity contribution in [3.8, 4) is 22.6 Å². The van der Waals surface area contributed by atoms with E-state index in [9.17, 15) is 4.79 Å². The second-order valence-corrected chi connectivity index (χ2v) is 3.78. The number of aldehydes is 1. The highest BCUT2D eigenvalue weighted by Crippen LogP contribution is 2.33. The first-order valence-electron chi connectivity index (χ1n) is 5.56. The maximum Gasteiger partial charge on any atom is 0.153 e. The van der Waals surface area contributed by atoms with Crippen LogP contribution in [0.2, 0.25) is 0 Å². The SMILES string of the molecule is COc1cccc(-c2cccc(C=O)c2OC)c1. The van der Waals surface area contributed by atoms with Crippen LogP contribution in [0.5, 0.6) is 11.5 Å². The Labute approximate surface area is 106 Å². The minimum Gasteiger partial charge on any atom is -0.497 e. The van der Waals surface area contributed by atoms with E-state index in [-0.39, 0.29) is 0 Å². The second-order valence-electron chi connectivity index (χ2n) is 3.78. The van der Waals surface area contributed by atoms with Crippen molar-refractivity contribution in [3.63, 3.8) is 0 Å². The van der Waals surface area contributed by atoms with Gasteiger partial charge in [0, 0.05) is 5.56 Å². The molecule has 0 fully saturated rings. The number of ether oxygens (including phenoxy) is 2. The lowest BCUT2D eigenvalue weighted by atomic mass is 10.0. The Balaban J connectivity index is 2.59. The molecule has 3 nitrogen and oxygen atoms in total. The molecular formula is C15H14O3. The Morgan fingerprint density at radius 1 is 1.00 bits per heavy atom. The molecule has 0 unspecified atom stereocenters. The van der Waals surface area contributed by atoms with Crippen LogP contribution in [-0.4, -0.2) is 20.5 Å². The first kappa shape index (κ1) is 12.2. The third kappa shape index (κ3) is 2.20. The predicted octanol–water partition coefficient (Wildman–Crippen LogP) is 3.18. The topological polar surface area (TPSA) is 35.5 Å². The average Bonchev–Trinajstić information content (AvgIpc) is 2.46. The van der Waals surface area contributed by atoms with Crippen LogP contribution < -0.4 is 9.47 Å². The summed E-state index contributed by atoms with van der Waals surface area (Å²) < 4.78 is 10.5. The maximum atomic E-state index is 11.0. The van der Waals surface area contributed by atoms with Gasteiger partial charge in [-0.05, 0) is 23.8 Å². The molecule has 0 aliphatic carbocycles. The van der Waals surface area contributed by atoms with E-state index < -0.39 is 0 Å². The minimum absolute atomic E-state index is 0.540. The van der Waals surface area contributed by atoms with E-state index in [1.54, 1.807) is 20.3 Å². The highest BCUT2D eigenvalue weighted by Gasteiger charge is 2.10. The molecule has 92 valence electrons. The zero-order valence-electron chi connectivity index (χ0n) is 10.3. The monoisotopic (exact) mass is 242 g/mol. The van der Waals surface area contributed by atoms with Gasteiger partial charge >= 0.3 is 0 Å². The lowest BCUT2D eigenvalue weighted by Gasteiger charge is -2.11. The molecule has 0 amide bonds. The van der Waals surface area contributed by atoms with Crippen molar-refractivity contribution in [2.24, 2.45) is 0 Å². The van der Waals surface area contributed by atoms with Gasteiger partial charge < -0.3 is 9.47 Å². The first-order valence-corrected chi connectivity index (χ1v) is 5.56. The van der Waals surface area contributed by atoms with Crippen LogP contribution in [0.4, 0.5) is 0 Å². The van der Waals surface area contributed by atoms with Gasteiger partial charge in [-0.25, -0.2) is 0 Å². The van der Waals surface area contributed by atoms with Crippen molar-refractivity contribution in [1.82, 2.24) is 0 Å². The van der Waals surface area contributed by atoms with Crippen LogP contribution in [0.15, 0.2) is 42.5 Å². The fourth-order valence-electron chi connectivity index (χ4n) is 1.89. The number of rotatable bonds is 4. The summed E-state index contributed by atoms with van der Waals surface area (Å²) in [6, 6.07) is 13.1. The second kappa shape index (κ2) is 5.36. The van der Waals surface area contributed by atoms with Crippen LogP contribution in [0, 0.1) is 0 Å². The fraction of sp³-hybridized carbons (Fsp3) is 0.133. The van der Waals surface area contributed by atoms with Crippen LogP contribution in [0.25, 0.3) is 11.1 Å². The van der Waals surface area contributed by atoms with Crippen molar-refractivity contribution in [1.29, 1.82) is 0 Å². The standard InChI is InChI=1S/C15H14O3/c1-17-13-7-3-5-11(9-13)14-8-4-6-12(10-16)15(14)18-2/h3-10H,1-2H3. The van der Waals surface area contributed by atoms with Gasteiger partial charge in [-0.3, -0.25) is 4.79 Å². The summed E-state index contributed by atoms with van der Waals surface area (Å²) in [6.45, 7) is 0. The molecule has 0 saturated heterocycles. The summed E-state index contributed by atoms with van der Waals surface area (Å²) >= 11 is 0. The average molecular weight is 242 g/mol. The molecule has 0 atom stereocenters. The third-order valence-corrected chi connectivity index (χ3v) is 2.76. The van der Waals surface area contributed by atoms with Gasteiger partial charge in [0.1, 0.15) is 11.5 Å². The largest absolute Gasteiger partial charge is 0.497 e. The summed E-state index contributed by atoms with van der Waals surface area (Å²) in [7, 11) is 3.18. The molecule has 0 spiro atoms. The summed E-state index contributed by atoms with van der Waals surface area (Å²) in [4.78, 5) is 11.0.